The van der Waals surface area contributed by atoms with E-state index in [4.69, 9.17) is 5.73 Å². The van der Waals surface area contributed by atoms with Crippen LogP contribution >= 0.6 is 27.3 Å². The number of anilines is 2. The first-order valence-electron chi connectivity index (χ1n) is 9.07. The van der Waals surface area contributed by atoms with E-state index in [0.717, 1.165) is 10.9 Å². The summed E-state index contributed by atoms with van der Waals surface area (Å²) in [5.74, 6) is -0.525. The van der Waals surface area contributed by atoms with Crippen molar-refractivity contribution in [1.82, 2.24) is 24.7 Å². The van der Waals surface area contributed by atoms with Gasteiger partial charge in [0.2, 0.25) is 5.95 Å². The molecule has 0 bridgehead atoms. The molecule has 0 aliphatic rings. The van der Waals surface area contributed by atoms with E-state index in [1.54, 1.807) is 28.3 Å². The number of benzene rings is 1. The summed E-state index contributed by atoms with van der Waals surface area (Å²) in [6, 6.07) is 10.1. The summed E-state index contributed by atoms with van der Waals surface area (Å²) < 4.78 is 16.4. The van der Waals surface area contributed by atoms with Crippen LogP contribution in [-0.2, 0) is 6.54 Å². The number of halogens is 2. The Morgan fingerprint density at radius 2 is 2.06 bits per heavy atom. The third kappa shape index (κ3) is 3.51. The lowest BCUT2D eigenvalue weighted by molar-refractivity contribution is 0.102. The van der Waals surface area contributed by atoms with Crippen molar-refractivity contribution in [3.05, 3.63) is 69.9 Å². The molecule has 1 amide bonds. The Kier molecular flexibility index (Phi) is 4.83. The Labute approximate surface area is 187 Å². The van der Waals surface area contributed by atoms with Crippen molar-refractivity contribution in [1.29, 1.82) is 0 Å². The van der Waals surface area contributed by atoms with Crippen LogP contribution in [0.1, 0.15) is 16.1 Å². The largest absolute Gasteiger partial charge is 0.382 e. The maximum atomic E-state index is 13.5. The number of nitrogens with one attached hydrogen (secondary N) is 1. The molecule has 0 aliphatic heterocycles. The molecule has 5 aromatic rings. The van der Waals surface area contributed by atoms with Crippen LogP contribution in [0.5, 0.6) is 0 Å². The molecule has 0 saturated carbocycles. The fraction of sp³-hybridized carbons (Fsp3) is 0.0500. The van der Waals surface area contributed by atoms with Crippen LogP contribution in [0.2, 0.25) is 0 Å². The van der Waals surface area contributed by atoms with Crippen LogP contribution in [0.15, 0.2) is 52.7 Å². The van der Waals surface area contributed by atoms with Crippen molar-refractivity contribution in [2.45, 2.75) is 6.54 Å². The lowest BCUT2D eigenvalue weighted by atomic mass is 10.2. The number of rotatable bonds is 4. The van der Waals surface area contributed by atoms with Gasteiger partial charge in [-0.25, -0.2) is 15.0 Å². The van der Waals surface area contributed by atoms with Crippen LogP contribution in [0.3, 0.4) is 0 Å². The van der Waals surface area contributed by atoms with Gasteiger partial charge in [0.1, 0.15) is 16.7 Å². The molecule has 0 spiro atoms. The number of nitrogen functional groups attached to an aromatic ring is 1. The van der Waals surface area contributed by atoms with E-state index in [1.807, 2.05) is 12.1 Å². The number of carbonyl (C=O) groups excluding carboxylic acids is 1. The molecule has 0 saturated heterocycles. The maximum absolute atomic E-state index is 13.5. The van der Waals surface area contributed by atoms with Crippen molar-refractivity contribution in [3.63, 3.8) is 0 Å². The van der Waals surface area contributed by atoms with E-state index in [-0.39, 0.29) is 12.5 Å². The van der Waals surface area contributed by atoms with Crippen LogP contribution in [0.4, 0.5) is 15.9 Å². The summed E-state index contributed by atoms with van der Waals surface area (Å²) in [6.07, 6.45) is 1.34. The lowest BCUT2D eigenvalue weighted by Gasteiger charge is -2.07. The zero-order chi connectivity index (χ0) is 21.5. The van der Waals surface area contributed by atoms with Crippen molar-refractivity contribution in [2.75, 3.05) is 11.1 Å². The number of carbonyl (C=O) groups is 1. The molecule has 4 heterocycles. The predicted octanol–water partition coefficient (Wildman–Crippen LogP) is 4.22. The second-order valence-corrected chi connectivity index (χ2v) is 8.27. The van der Waals surface area contributed by atoms with E-state index in [2.05, 4.69) is 41.3 Å². The Bertz CT molecular complexity index is 1470. The molecule has 4 aromatic heterocycles. The first-order valence-corrected chi connectivity index (χ1v) is 10.7. The summed E-state index contributed by atoms with van der Waals surface area (Å²) in [7, 11) is 0. The normalized spacial score (nSPS) is 11.3. The van der Waals surface area contributed by atoms with Crippen molar-refractivity contribution in [2.24, 2.45) is 0 Å². The lowest BCUT2D eigenvalue weighted by Crippen LogP contribution is -2.12. The third-order valence-electron chi connectivity index (χ3n) is 4.69. The molecule has 0 radical (unpaired) electrons. The van der Waals surface area contributed by atoms with Gasteiger partial charge in [-0.05, 0) is 40.2 Å². The minimum Gasteiger partial charge on any atom is -0.382 e. The summed E-state index contributed by atoms with van der Waals surface area (Å²) in [4.78, 5) is 25.0. The molecular formula is C20H13BrFN7OS. The Morgan fingerprint density at radius 3 is 2.90 bits per heavy atom. The highest BCUT2D eigenvalue weighted by Crippen LogP contribution is 2.32. The SMILES string of the molecule is Nc1ncnc2c(C(=O)Nc3cccc4c3c(Br)nn4Cc3cccc(F)n3)csc12. The van der Waals surface area contributed by atoms with Gasteiger partial charge in [0.25, 0.3) is 5.91 Å². The standard InChI is InChI=1S/C20H13BrFN7OS/c21-18-15-12(27-20(30)11-8-31-17-16(11)24-9-25-19(17)23)4-2-5-13(15)29(28-18)7-10-3-1-6-14(22)26-10/h1-6,8-9H,7H2,(H,27,30)(H2,23,24,25). The predicted molar refractivity (Wildman–Crippen MR) is 121 cm³/mol. The van der Waals surface area contributed by atoms with Gasteiger partial charge in [-0.2, -0.15) is 9.49 Å². The number of pyridine rings is 1. The van der Waals surface area contributed by atoms with Crippen molar-refractivity contribution in [3.8, 4) is 0 Å². The van der Waals surface area contributed by atoms with E-state index in [1.165, 1.54) is 23.7 Å². The fourth-order valence-corrected chi connectivity index (χ4v) is 4.83. The number of amides is 1. The molecular weight excluding hydrogens is 485 g/mol. The average Bonchev–Trinajstić information content (AvgIpc) is 3.31. The topological polar surface area (TPSA) is 112 Å². The second-order valence-electron chi connectivity index (χ2n) is 6.64. The first kappa shape index (κ1) is 19.5. The number of fused-ring (bicyclic) bond motifs is 2. The molecule has 31 heavy (non-hydrogen) atoms. The molecule has 1 aromatic carbocycles. The molecule has 8 nitrogen and oxygen atoms in total. The number of thiophene rings is 1. The van der Waals surface area contributed by atoms with Crippen molar-refractivity contribution < 1.29 is 9.18 Å². The quantitative estimate of drug-likeness (QED) is 0.359. The molecule has 11 heteroatoms. The van der Waals surface area contributed by atoms with Crippen LogP contribution in [-0.4, -0.2) is 30.6 Å². The third-order valence-corrected chi connectivity index (χ3v) is 6.24. The Hall–Kier alpha value is -3.44. The fourth-order valence-electron chi connectivity index (χ4n) is 3.32. The Morgan fingerprint density at radius 1 is 1.23 bits per heavy atom. The molecule has 3 N–H and O–H groups in total. The summed E-state index contributed by atoms with van der Waals surface area (Å²) in [5.41, 5.74) is 8.67. The number of hydrogen-bond donors (Lipinski definition) is 2. The molecule has 5 rings (SSSR count). The van der Waals surface area contributed by atoms with E-state index in [9.17, 15) is 9.18 Å². The second kappa shape index (κ2) is 7.67. The molecule has 0 atom stereocenters. The Balaban J connectivity index is 1.51. The highest BCUT2D eigenvalue weighted by Gasteiger charge is 2.19. The molecule has 0 fully saturated rings. The zero-order valence-corrected chi connectivity index (χ0v) is 18.1. The number of aromatic nitrogens is 5. The average molecular weight is 498 g/mol. The number of nitrogens with two attached hydrogens (primary N) is 1. The summed E-state index contributed by atoms with van der Waals surface area (Å²) in [6.45, 7) is 0.280. The summed E-state index contributed by atoms with van der Waals surface area (Å²) >= 11 is 4.79. The molecule has 0 aliphatic carbocycles. The van der Waals surface area contributed by atoms with Gasteiger partial charge in [-0.1, -0.05) is 12.1 Å². The van der Waals surface area contributed by atoms with Gasteiger partial charge in [-0.3, -0.25) is 9.48 Å². The monoisotopic (exact) mass is 497 g/mol. The van der Waals surface area contributed by atoms with Gasteiger partial charge in [0, 0.05) is 5.38 Å². The van der Waals surface area contributed by atoms with Gasteiger partial charge < -0.3 is 11.1 Å². The van der Waals surface area contributed by atoms with Crippen LogP contribution < -0.4 is 11.1 Å². The molecule has 154 valence electrons. The van der Waals surface area contributed by atoms with E-state index < -0.39 is 5.95 Å². The number of nitrogens with zero attached hydrogens (tertiary/aromatic N) is 5. The zero-order valence-electron chi connectivity index (χ0n) is 15.7. The first-order chi connectivity index (χ1) is 15.0. The highest BCUT2D eigenvalue weighted by atomic mass is 79.9. The van der Waals surface area contributed by atoms with Crippen molar-refractivity contribution >= 4 is 65.8 Å². The minimum absolute atomic E-state index is 0.280. The van der Waals surface area contributed by atoms with E-state index in [0.29, 0.717) is 37.6 Å². The van der Waals surface area contributed by atoms with Gasteiger partial charge in [0.15, 0.2) is 0 Å². The van der Waals surface area contributed by atoms with Gasteiger partial charge in [0.05, 0.1) is 44.6 Å². The summed E-state index contributed by atoms with van der Waals surface area (Å²) in [5, 5.41) is 9.86. The maximum Gasteiger partial charge on any atom is 0.258 e. The highest BCUT2D eigenvalue weighted by molar-refractivity contribution is 9.10. The van der Waals surface area contributed by atoms with Gasteiger partial charge in [-0.15, -0.1) is 11.3 Å². The van der Waals surface area contributed by atoms with Crippen LogP contribution in [0.25, 0.3) is 21.1 Å². The van der Waals surface area contributed by atoms with Crippen LogP contribution in [0, 0.1) is 5.95 Å². The molecule has 0 unspecified atom stereocenters. The van der Waals surface area contributed by atoms with Gasteiger partial charge >= 0.3 is 0 Å². The minimum atomic E-state index is -0.548. The smallest absolute Gasteiger partial charge is 0.258 e. The van der Waals surface area contributed by atoms with E-state index >= 15 is 0 Å². The number of hydrogen-bond acceptors (Lipinski definition) is 7.